The van der Waals surface area contributed by atoms with Crippen LogP contribution in [-0.2, 0) is 19.2 Å². The largest absolute Gasteiger partial charge is 0.273 e. The molecule has 6 fully saturated rings. The number of carbonyl (C=O) groups excluding carboxylic acids is 4. The van der Waals surface area contributed by atoms with Gasteiger partial charge in [0, 0.05) is 37.5 Å². The van der Waals surface area contributed by atoms with Crippen molar-refractivity contribution in [3.63, 3.8) is 0 Å². The van der Waals surface area contributed by atoms with Crippen LogP contribution in [0.4, 0.5) is 0 Å². The minimum Gasteiger partial charge on any atom is -0.273 e. The number of fused-ring (bicyclic) bond motifs is 6. The van der Waals surface area contributed by atoms with E-state index in [2.05, 4.69) is 0 Å². The summed E-state index contributed by atoms with van der Waals surface area (Å²) in [5.41, 5.74) is 0. The van der Waals surface area contributed by atoms with Gasteiger partial charge < -0.3 is 0 Å². The Morgan fingerprint density at radius 3 is 1.00 bits per heavy atom. The lowest BCUT2D eigenvalue weighted by molar-refractivity contribution is -0.179. The lowest BCUT2D eigenvalue weighted by atomic mass is 9.93. The molecule has 4 unspecified atom stereocenters. The second-order valence-electron chi connectivity index (χ2n) is 7.85. The number of nitrogens with zero attached hydrogens (tertiary/aromatic N) is 4. The van der Waals surface area contributed by atoms with Gasteiger partial charge in [-0.05, 0) is 12.8 Å². The Bertz CT molecular complexity index is 607. The molecule has 4 amide bonds. The van der Waals surface area contributed by atoms with Gasteiger partial charge in [-0.2, -0.15) is 0 Å². The maximum Gasteiger partial charge on any atom is 0.241 e. The Morgan fingerprint density at radius 1 is 0.500 bits per heavy atom. The molecule has 6 rings (SSSR count). The Hall–Kier alpha value is -2.12. The molecule has 0 radical (unpaired) electrons. The number of hydrogen-bond donors (Lipinski definition) is 0. The van der Waals surface area contributed by atoms with Gasteiger partial charge in [0.15, 0.2) is 0 Å². The molecule has 126 valence electrons. The maximum atomic E-state index is 12.4. The van der Waals surface area contributed by atoms with E-state index in [0.29, 0.717) is 12.8 Å². The first-order valence-electron chi connectivity index (χ1n) is 8.86. The second kappa shape index (κ2) is 3.92. The third-order valence-electron chi connectivity index (χ3n) is 7.04. The van der Waals surface area contributed by atoms with E-state index in [9.17, 15) is 19.2 Å². The Balaban J connectivity index is 1.45. The van der Waals surface area contributed by atoms with Crippen molar-refractivity contribution < 1.29 is 19.2 Å². The topological polar surface area (TPSA) is 81.2 Å². The quantitative estimate of drug-likeness (QED) is 0.586. The fourth-order valence-electron chi connectivity index (χ4n) is 6.46. The van der Waals surface area contributed by atoms with E-state index >= 15 is 0 Å². The van der Waals surface area contributed by atoms with Crippen molar-refractivity contribution in [1.82, 2.24) is 20.0 Å². The molecule has 4 aliphatic heterocycles. The van der Waals surface area contributed by atoms with Crippen LogP contribution in [0.1, 0.15) is 38.5 Å². The molecule has 2 aliphatic carbocycles. The molecule has 4 atom stereocenters. The van der Waals surface area contributed by atoms with Crippen LogP contribution in [0.5, 0.6) is 0 Å². The van der Waals surface area contributed by atoms with E-state index in [1.54, 1.807) is 20.0 Å². The summed E-state index contributed by atoms with van der Waals surface area (Å²) in [4.78, 5) is 49.7. The van der Waals surface area contributed by atoms with Crippen molar-refractivity contribution >= 4 is 23.6 Å². The van der Waals surface area contributed by atoms with E-state index in [1.807, 2.05) is 0 Å². The van der Waals surface area contributed by atoms with Gasteiger partial charge in [-0.15, -0.1) is 0 Å². The highest BCUT2D eigenvalue weighted by atomic mass is 16.2. The summed E-state index contributed by atoms with van der Waals surface area (Å²) < 4.78 is 0. The van der Waals surface area contributed by atoms with Crippen LogP contribution >= 0.6 is 0 Å². The van der Waals surface area contributed by atoms with Crippen LogP contribution in [0.25, 0.3) is 0 Å². The molecule has 4 heterocycles. The minimum absolute atomic E-state index is 0.0127. The second-order valence-corrected chi connectivity index (χ2v) is 7.85. The van der Waals surface area contributed by atoms with Crippen molar-refractivity contribution in [2.45, 2.75) is 62.7 Å². The normalized spacial score (nSPS) is 45.3. The first kappa shape index (κ1) is 13.2. The zero-order valence-electron chi connectivity index (χ0n) is 13.1. The number of hydrazine groups is 2. The summed E-state index contributed by atoms with van der Waals surface area (Å²) in [5, 5.41) is 6.82. The minimum atomic E-state index is 0.0127. The zero-order valence-corrected chi connectivity index (χ0v) is 13.1. The summed E-state index contributed by atoms with van der Waals surface area (Å²) >= 11 is 0. The average Bonchev–Trinajstić information content (AvgIpc) is 3.24. The summed E-state index contributed by atoms with van der Waals surface area (Å²) in [7, 11) is 0. The van der Waals surface area contributed by atoms with Gasteiger partial charge in [-0.1, -0.05) is 0 Å². The van der Waals surface area contributed by atoms with Crippen molar-refractivity contribution in [1.29, 1.82) is 0 Å². The highest BCUT2D eigenvalue weighted by Gasteiger charge is 2.72. The molecule has 0 aromatic heterocycles. The summed E-state index contributed by atoms with van der Waals surface area (Å²) in [5.74, 6) is 0.535. The fraction of sp³-hybridized carbons (Fsp3) is 0.750. The van der Waals surface area contributed by atoms with Gasteiger partial charge in [0.2, 0.25) is 23.6 Å². The molecule has 0 N–H and O–H groups in total. The molecule has 24 heavy (non-hydrogen) atoms. The third-order valence-corrected chi connectivity index (χ3v) is 7.04. The average molecular weight is 330 g/mol. The van der Waals surface area contributed by atoms with Crippen molar-refractivity contribution in [2.24, 2.45) is 11.8 Å². The van der Waals surface area contributed by atoms with Crippen LogP contribution in [0, 0.1) is 11.8 Å². The van der Waals surface area contributed by atoms with E-state index in [0.717, 1.165) is 0 Å². The summed E-state index contributed by atoms with van der Waals surface area (Å²) in [6.45, 7) is 0. The fourth-order valence-corrected chi connectivity index (χ4v) is 6.46. The van der Waals surface area contributed by atoms with Gasteiger partial charge in [-0.25, -0.2) is 20.0 Å². The highest BCUT2D eigenvalue weighted by molar-refractivity contribution is 5.92. The maximum absolute atomic E-state index is 12.4. The van der Waals surface area contributed by atoms with Gasteiger partial charge in [-0.3, -0.25) is 19.2 Å². The van der Waals surface area contributed by atoms with E-state index in [4.69, 9.17) is 0 Å². The van der Waals surface area contributed by atoms with E-state index in [-0.39, 0.29) is 85.3 Å². The number of carbonyl (C=O) groups is 4. The van der Waals surface area contributed by atoms with Crippen LogP contribution in [0.2, 0.25) is 0 Å². The number of rotatable bonds is 0. The monoisotopic (exact) mass is 330 g/mol. The van der Waals surface area contributed by atoms with Crippen molar-refractivity contribution in [2.75, 3.05) is 0 Å². The molecule has 0 spiro atoms. The Kier molecular flexibility index (Phi) is 2.16. The lowest BCUT2D eigenvalue weighted by Crippen LogP contribution is -2.58. The lowest BCUT2D eigenvalue weighted by Gasteiger charge is -2.42. The molecule has 8 heteroatoms. The molecule has 0 bridgehead atoms. The van der Waals surface area contributed by atoms with Gasteiger partial charge >= 0.3 is 0 Å². The van der Waals surface area contributed by atoms with Gasteiger partial charge in [0.25, 0.3) is 0 Å². The molecule has 6 aliphatic rings. The number of amides is 4. The predicted molar refractivity (Wildman–Crippen MR) is 77.2 cm³/mol. The molecular weight excluding hydrogens is 312 g/mol. The first-order chi connectivity index (χ1) is 11.6. The van der Waals surface area contributed by atoms with E-state index in [1.165, 1.54) is 0 Å². The smallest absolute Gasteiger partial charge is 0.241 e. The summed E-state index contributed by atoms with van der Waals surface area (Å²) in [6, 6.07) is 0.0508. The van der Waals surface area contributed by atoms with Gasteiger partial charge in [0.05, 0.1) is 24.2 Å². The van der Waals surface area contributed by atoms with Crippen molar-refractivity contribution in [3.05, 3.63) is 0 Å². The van der Waals surface area contributed by atoms with Crippen LogP contribution in [0.3, 0.4) is 0 Å². The number of hydrogen-bond acceptors (Lipinski definition) is 4. The standard InChI is InChI=1S/C16H18N4O4/c21-11-1-2-12(22)18-8-6-10-16-9(5-7(15(8)16)17(11)18)19-13(23)3-4-14(24)20(10)19/h7-10,15-16H,1-6H2. The molecule has 0 aromatic carbocycles. The van der Waals surface area contributed by atoms with Crippen molar-refractivity contribution in [3.8, 4) is 0 Å². The highest BCUT2D eigenvalue weighted by Crippen LogP contribution is 2.60. The molecule has 4 saturated heterocycles. The van der Waals surface area contributed by atoms with Crippen LogP contribution in [0.15, 0.2) is 0 Å². The van der Waals surface area contributed by atoms with Crippen LogP contribution < -0.4 is 0 Å². The van der Waals surface area contributed by atoms with Gasteiger partial charge in [0.1, 0.15) is 0 Å². The Labute approximate surface area is 138 Å². The molecule has 0 aromatic rings. The van der Waals surface area contributed by atoms with Crippen LogP contribution in [-0.4, -0.2) is 67.8 Å². The zero-order chi connectivity index (χ0) is 16.3. The SMILES string of the molecule is O=C1CCC(=O)N2C3CC4C5C3C(CC5N3C(=O)CCC(=O)N43)N12. The Morgan fingerprint density at radius 2 is 0.750 bits per heavy atom. The first-order valence-corrected chi connectivity index (χ1v) is 8.86. The van der Waals surface area contributed by atoms with E-state index < -0.39 is 0 Å². The predicted octanol–water partition coefficient (Wildman–Crippen LogP) is -0.740. The summed E-state index contributed by atoms with van der Waals surface area (Å²) in [6.07, 6.45) is 2.53. The molecular formula is C16H18N4O4. The third kappa shape index (κ3) is 1.23. The molecule has 2 saturated carbocycles. The molecule has 8 nitrogen and oxygen atoms in total.